The average Bonchev–Trinajstić information content (AvgIpc) is 2.88. The molecule has 1 aliphatic carbocycles. The fraction of sp³-hybridized carbons (Fsp3) is 0.455. The van der Waals surface area contributed by atoms with Crippen molar-refractivity contribution in [2.24, 2.45) is 0 Å². The SMILES string of the molecule is CNC(=O)c1ccc(Nc2ncc3c(n2)N(C2CCCCC2)CC(F)(F)C(=O)N3C)cc1. The predicted molar refractivity (Wildman–Crippen MR) is 118 cm³/mol. The maximum Gasteiger partial charge on any atom is 0.342 e. The van der Waals surface area contributed by atoms with Gasteiger partial charge in [0.2, 0.25) is 5.95 Å². The maximum absolute atomic E-state index is 14.7. The standard InChI is InChI=1S/C22H26F2N6O2/c1-25-19(31)14-8-10-15(11-9-14)27-21-26-12-17-18(28-21)30(16-6-4-3-5-7-16)13-22(23,24)20(32)29(17)2/h8-12,16H,3-7,13H2,1-2H3,(H,25,31)(H,26,27,28). The average molecular weight is 444 g/mol. The second-order valence-electron chi connectivity index (χ2n) is 8.17. The van der Waals surface area contributed by atoms with Crippen LogP contribution in [0.4, 0.5) is 31.9 Å². The first-order valence-corrected chi connectivity index (χ1v) is 10.7. The normalized spacial score (nSPS) is 18.7. The maximum atomic E-state index is 14.7. The zero-order valence-corrected chi connectivity index (χ0v) is 18.1. The van der Waals surface area contributed by atoms with Gasteiger partial charge in [-0.15, -0.1) is 0 Å². The molecule has 170 valence electrons. The Morgan fingerprint density at radius 3 is 2.50 bits per heavy atom. The van der Waals surface area contributed by atoms with E-state index in [-0.39, 0.29) is 23.6 Å². The van der Waals surface area contributed by atoms with Crippen LogP contribution in [0.5, 0.6) is 0 Å². The number of carbonyl (C=O) groups is 2. The number of fused-ring (bicyclic) bond motifs is 1. The van der Waals surface area contributed by atoms with Crippen LogP contribution in [0.3, 0.4) is 0 Å². The number of rotatable bonds is 4. The van der Waals surface area contributed by atoms with E-state index in [1.807, 2.05) is 0 Å². The monoisotopic (exact) mass is 444 g/mol. The molecule has 10 heteroatoms. The van der Waals surface area contributed by atoms with Crippen molar-refractivity contribution < 1.29 is 18.4 Å². The molecule has 0 unspecified atom stereocenters. The Morgan fingerprint density at radius 1 is 1.16 bits per heavy atom. The van der Waals surface area contributed by atoms with Crippen LogP contribution in [0.2, 0.25) is 0 Å². The lowest BCUT2D eigenvalue weighted by molar-refractivity contribution is -0.140. The molecular formula is C22H26F2N6O2. The zero-order chi connectivity index (χ0) is 22.9. The van der Waals surface area contributed by atoms with Crippen LogP contribution in [0, 0.1) is 0 Å². The third-order valence-electron chi connectivity index (χ3n) is 6.02. The lowest BCUT2D eigenvalue weighted by Crippen LogP contribution is -2.49. The molecule has 1 aromatic heterocycles. The molecule has 0 radical (unpaired) electrons. The summed E-state index contributed by atoms with van der Waals surface area (Å²) in [6.45, 7) is -0.703. The van der Waals surface area contributed by atoms with Crippen LogP contribution in [0.25, 0.3) is 0 Å². The van der Waals surface area contributed by atoms with E-state index in [1.165, 1.54) is 13.2 Å². The van der Waals surface area contributed by atoms with Crippen LogP contribution in [0.1, 0.15) is 42.5 Å². The summed E-state index contributed by atoms with van der Waals surface area (Å²) in [6.07, 6.45) is 5.95. The van der Waals surface area contributed by atoms with E-state index in [4.69, 9.17) is 0 Å². The number of aromatic nitrogens is 2. The van der Waals surface area contributed by atoms with E-state index in [1.54, 1.807) is 36.2 Å². The Bertz CT molecular complexity index is 1010. The van der Waals surface area contributed by atoms with Crippen molar-refractivity contribution >= 4 is 35.0 Å². The van der Waals surface area contributed by atoms with Gasteiger partial charge in [-0.3, -0.25) is 9.59 Å². The molecule has 2 amide bonds. The molecule has 4 rings (SSSR count). The molecule has 1 aliphatic heterocycles. The van der Waals surface area contributed by atoms with Crippen molar-refractivity contribution in [2.75, 3.05) is 35.8 Å². The lowest BCUT2D eigenvalue weighted by atomic mass is 9.94. The smallest absolute Gasteiger partial charge is 0.342 e. The van der Waals surface area contributed by atoms with Crippen molar-refractivity contribution in [3.05, 3.63) is 36.0 Å². The highest BCUT2D eigenvalue weighted by Gasteiger charge is 2.48. The van der Waals surface area contributed by atoms with Gasteiger partial charge in [-0.1, -0.05) is 19.3 Å². The predicted octanol–water partition coefficient (Wildman–Crippen LogP) is 3.33. The van der Waals surface area contributed by atoms with Gasteiger partial charge in [0.15, 0.2) is 5.82 Å². The van der Waals surface area contributed by atoms with Crippen molar-refractivity contribution in [3.8, 4) is 0 Å². The van der Waals surface area contributed by atoms with Crippen LogP contribution in [0.15, 0.2) is 30.5 Å². The number of amides is 2. The van der Waals surface area contributed by atoms with E-state index in [0.29, 0.717) is 17.1 Å². The Morgan fingerprint density at radius 2 is 1.84 bits per heavy atom. The Labute approximate surface area is 185 Å². The van der Waals surface area contributed by atoms with Crippen LogP contribution >= 0.6 is 0 Å². The molecule has 1 saturated carbocycles. The number of alkyl halides is 2. The highest BCUT2D eigenvalue weighted by atomic mass is 19.3. The molecule has 0 saturated heterocycles. The van der Waals surface area contributed by atoms with Crippen molar-refractivity contribution in [1.82, 2.24) is 15.3 Å². The minimum Gasteiger partial charge on any atom is -0.355 e. The molecule has 0 bridgehead atoms. The number of nitrogens with zero attached hydrogens (tertiary/aromatic N) is 4. The molecule has 0 atom stereocenters. The first-order chi connectivity index (χ1) is 15.3. The number of halogens is 2. The number of carbonyl (C=O) groups excluding carboxylic acids is 2. The van der Waals surface area contributed by atoms with Crippen LogP contribution < -0.4 is 20.4 Å². The fourth-order valence-electron chi connectivity index (χ4n) is 4.26. The molecule has 1 fully saturated rings. The summed E-state index contributed by atoms with van der Waals surface area (Å²) in [5, 5.41) is 5.62. The first kappa shape index (κ1) is 21.9. The molecule has 2 N–H and O–H groups in total. The minimum atomic E-state index is -3.52. The molecule has 8 nitrogen and oxygen atoms in total. The number of anilines is 4. The van der Waals surface area contributed by atoms with E-state index in [9.17, 15) is 18.4 Å². The Balaban J connectivity index is 1.68. The van der Waals surface area contributed by atoms with Gasteiger partial charge in [0.1, 0.15) is 5.69 Å². The van der Waals surface area contributed by atoms with E-state index in [2.05, 4.69) is 20.6 Å². The van der Waals surface area contributed by atoms with Gasteiger partial charge in [0.05, 0.1) is 12.7 Å². The third-order valence-corrected chi connectivity index (χ3v) is 6.02. The molecule has 0 spiro atoms. The number of benzene rings is 1. The van der Waals surface area contributed by atoms with Gasteiger partial charge < -0.3 is 20.4 Å². The quantitative estimate of drug-likeness (QED) is 0.752. The van der Waals surface area contributed by atoms with Gasteiger partial charge in [-0.05, 0) is 37.1 Å². The molecule has 2 aliphatic rings. The summed E-state index contributed by atoms with van der Waals surface area (Å²) in [4.78, 5) is 35.4. The van der Waals surface area contributed by atoms with Crippen LogP contribution in [-0.4, -0.2) is 54.4 Å². The summed E-state index contributed by atoms with van der Waals surface area (Å²) in [6, 6.07) is 6.63. The Kier molecular flexibility index (Phi) is 5.94. The van der Waals surface area contributed by atoms with E-state index >= 15 is 0 Å². The van der Waals surface area contributed by atoms with Crippen LogP contribution in [-0.2, 0) is 4.79 Å². The second kappa shape index (κ2) is 8.68. The van der Waals surface area contributed by atoms with E-state index in [0.717, 1.165) is 37.0 Å². The number of hydrogen-bond acceptors (Lipinski definition) is 6. The van der Waals surface area contributed by atoms with Crippen molar-refractivity contribution in [1.29, 1.82) is 0 Å². The third kappa shape index (κ3) is 4.21. The molecular weight excluding hydrogens is 418 g/mol. The second-order valence-corrected chi connectivity index (χ2v) is 8.17. The van der Waals surface area contributed by atoms with Gasteiger partial charge in [-0.2, -0.15) is 13.8 Å². The van der Waals surface area contributed by atoms with E-state index < -0.39 is 18.4 Å². The summed E-state index contributed by atoms with van der Waals surface area (Å²) >= 11 is 0. The summed E-state index contributed by atoms with van der Waals surface area (Å²) < 4.78 is 29.5. The minimum absolute atomic E-state index is 0.109. The van der Waals surface area contributed by atoms with Crippen molar-refractivity contribution in [3.63, 3.8) is 0 Å². The molecule has 2 aromatic rings. The molecule has 32 heavy (non-hydrogen) atoms. The topological polar surface area (TPSA) is 90.5 Å². The fourth-order valence-corrected chi connectivity index (χ4v) is 4.26. The summed E-state index contributed by atoms with van der Waals surface area (Å²) in [5.74, 6) is -4.43. The molecule has 2 heterocycles. The van der Waals surface area contributed by atoms with Gasteiger partial charge in [0.25, 0.3) is 11.8 Å². The van der Waals surface area contributed by atoms with Gasteiger partial charge >= 0.3 is 5.92 Å². The lowest BCUT2D eigenvalue weighted by Gasteiger charge is -2.35. The highest BCUT2D eigenvalue weighted by Crippen LogP contribution is 2.39. The number of hydrogen-bond donors (Lipinski definition) is 2. The number of nitrogens with one attached hydrogen (secondary N) is 2. The highest BCUT2D eigenvalue weighted by molar-refractivity contribution is 6.02. The Hall–Kier alpha value is -3.30. The van der Waals surface area contributed by atoms with Crippen molar-refractivity contribution in [2.45, 2.75) is 44.1 Å². The zero-order valence-electron chi connectivity index (χ0n) is 18.1. The summed E-state index contributed by atoms with van der Waals surface area (Å²) in [7, 11) is 2.88. The first-order valence-electron chi connectivity index (χ1n) is 10.7. The van der Waals surface area contributed by atoms with Gasteiger partial charge in [0, 0.05) is 31.4 Å². The van der Waals surface area contributed by atoms with Gasteiger partial charge in [-0.25, -0.2) is 4.98 Å². The summed E-state index contributed by atoms with van der Waals surface area (Å²) in [5.41, 5.74) is 1.41. The molecule has 1 aromatic carbocycles. The largest absolute Gasteiger partial charge is 0.355 e.